The van der Waals surface area contributed by atoms with Crippen molar-refractivity contribution >= 4 is 0 Å². The molecular weight excluding hydrogens is 162 g/mol. The average molecular weight is 183 g/mol. The van der Waals surface area contributed by atoms with Gasteiger partial charge in [-0.25, -0.2) is 0 Å². The molecule has 1 saturated heterocycles. The molecule has 0 amide bonds. The van der Waals surface area contributed by atoms with Gasteiger partial charge >= 0.3 is 0 Å². The van der Waals surface area contributed by atoms with Crippen LogP contribution in [0.5, 0.6) is 0 Å². The summed E-state index contributed by atoms with van der Waals surface area (Å²) in [7, 11) is 0. The molecule has 0 aromatic heterocycles. The van der Waals surface area contributed by atoms with Crippen molar-refractivity contribution in [3.63, 3.8) is 0 Å². The summed E-state index contributed by atoms with van der Waals surface area (Å²) in [4.78, 5) is 0. The molecule has 0 spiro atoms. The van der Waals surface area contributed by atoms with Crippen molar-refractivity contribution < 1.29 is 4.74 Å². The van der Waals surface area contributed by atoms with Crippen molar-refractivity contribution in [3.05, 3.63) is 0 Å². The molecule has 76 valence electrons. The van der Waals surface area contributed by atoms with Crippen molar-refractivity contribution in [3.8, 4) is 0 Å². The van der Waals surface area contributed by atoms with Crippen molar-refractivity contribution in [2.75, 3.05) is 13.1 Å². The minimum absolute atomic E-state index is 0.483. The average Bonchev–Trinajstić information content (AvgIpc) is 2.61. The first-order valence-electron chi connectivity index (χ1n) is 5.72. The third-order valence-electron chi connectivity index (χ3n) is 3.43. The van der Waals surface area contributed by atoms with Crippen molar-refractivity contribution in [1.82, 2.24) is 5.32 Å². The van der Waals surface area contributed by atoms with E-state index in [0.29, 0.717) is 12.2 Å². The van der Waals surface area contributed by atoms with Gasteiger partial charge in [0.1, 0.15) is 0 Å². The van der Waals surface area contributed by atoms with E-state index in [2.05, 4.69) is 12.2 Å². The minimum Gasteiger partial charge on any atom is -0.373 e. The fourth-order valence-electron chi connectivity index (χ4n) is 2.41. The van der Waals surface area contributed by atoms with E-state index in [4.69, 9.17) is 4.74 Å². The Balaban J connectivity index is 1.78. The van der Waals surface area contributed by atoms with E-state index in [1.807, 2.05) is 0 Å². The molecule has 0 aromatic rings. The van der Waals surface area contributed by atoms with Crippen molar-refractivity contribution in [2.45, 2.75) is 51.2 Å². The van der Waals surface area contributed by atoms with Gasteiger partial charge in [0, 0.05) is 6.54 Å². The quantitative estimate of drug-likeness (QED) is 0.706. The maximum Gasteiger partial charge on any atom is 0.0729 e. The number of nitrogens with one attached hydrogen (secondary N) is 1. The third kappa shape index (κ3) is 2.44. The number of ether oxygens (including phenoxy) is 1. The monoisotopic (exact) mass is 183 g/mol. The number of hydrogen-bond donors (Lipinski definition) is 1. The lowest BCUT2D eigenvalue weighted by atomic mass is 9.97. The van der Waals surface area contributed by atoms with Gasteiger partial charge in [0.25, 0.3) is 0 Å². The van der Waals surface area contributed by atoms with Crippen LogP contribution in [0.25, 0.3) is 0 Å². The Hall–Kier alpha value is -0.0800. The highest BCUT2D eigenvalue weighted by Gasteiger charge is 2.26. The molecule has 2 unspecified atom stereocenters. The molecule has 2 heteroatoms. The Morgan fingerprint density at radius 3 is 2.62 bits per heavy atom. The van der Waals surface area contributed by atoms with Crippen LogP contribution in [0.4, 0.5) is 0 Å². The van der Waals surface area contributed by atoms with Gasteiger partial charge in [0.15, 0.2) is 0 Å². The van der Waals surface area contributed by atoms with Crippen molar-refractivity contribution in [1.29, 1.82) is 0 Å². The fraction of sp³-hybridized carbons (Fsp3) is 1.00. The van der Waals surface area contributed by atoms with Crippen LogP contribution in [0.2, 0.25) is 0 Å². The number of rotatable bonds is 2. The van der Waals surface area contributed by atoms with Crippen LogP contribution in [0.1, 0.15) is 39.0 Å². The highest BCUT2D eigenvalue weighted by molar-refractivity contribution is 4.78. The maximum atomic E-state index is 6.10. The lowest BCUT2D eigenvalue weighted by Gasteiger charge is -2.31. The van der Waals surface area contributed by atoms with Gasteiger partial charge in [-0.3, -0.25) is 0 Å². The van der Waals surface area contributed by atoms with Crippen LogP contribution in [0.15, 0.2) is 0 Å². The number of hydrogen-bond acceptors (Lipinski definition) is 2. The first-order valence-corrected chi connectivity index (χ1v) is 5.72. The highest BCUT2D eigenvalue weighted by Crippen LogP contribution is 2.25. The van der Waals surface area contributed by atoms with E-state index < -0.39 is 0 Å². The molecule has 0 radical (unpaired) electrons. The van der Waals surface area contributed by atoms with E-state index >= 15 is 0 Å². The second-order valence-corrected chi connectivity index (χ2v) is 4.55. The SMILES string of the molecule is CC1CCNCC1OC1CCCC1. The standard InChI is InChI=1S/C11H21NO/c1-9-6-7-12-8-11(9)13-10-4-2-3-5-10/h9-12H,2-8H2,1H3. The Morgan fingerprint density at radius 1 is 1.15 bits per heavy atom. The van der Waals surface area contributed by atoms with Crippen LogP contribution < -0.4 is 5.32 Å². The van der Waals surface area contributed by atoms with Gasteiger partial charge in [-0.2, -0.15) is 0 Å². The van der Waals surface area contributed by atoms with Crippen LogP contribution in [0, 0.1) is 5.92 Å². The van der Waals surface area contributed by atoms with E-state index in [1.165, 1.54) is 38.6 Å². The summed E-state index contributed by atoms with van der Waals surface area (Å²) in [5, 5.41) is 3.41. The Morgan fingerprint density at radius 2 is 1.92 bits per heavy atom. The molecule has 2 aliphatic rings. The fourth-order valence-corrected chi connectivity index (χ4v) is 2.41. The van der Waals surface area contributed by atoms with Gasteiger partial charge < -0.3 is 10.1 Å². The van der Waals surface area contributed by atoms with Crippen LogP contribution >= 0.6 is 0 Å². The van der Waals surface area contributed by atoms with Gasteiger partial charge in [-0.05, 0) is 31.7 Å². The molecule has 1 N–H and O–H groups in total. The van der Waals surface area contributed by atoms with Crippen molar-refractivity contribution in [2.24, 2.45) is 5.92 Å². The largest absolute Gasteiger partial charge is 0.373 e. The third-order valence-corrected chi connectivity index (χ3v) is 3.43. The van der Waals surface area contributed by atoms with Crippen LogP contribution in [-0.4, -0.2) is 25.3 Å². The van der Waals surface area contributed by atoms with E-state index in [0.717, 1.165) is 12.5 Å². The Kier molecular flexibility index (Phi) is 3.23. The Labute approximate surface area is 81.0 Å². The summed E-state index contributed by atoms with van der Waals surface area (Å²) in [6, 6.07) is 0. The smallest absolute Gasteiger partial charge is 0.0729 e. The van der Waals surface area contributed by atoms with Crippen LogP contribution in [0.3, 0.4) is 0 Å². The topological polar surface area (TPSA) is 21.3 Å². The second kappa shape index (κ2) is 4.43. The summed E-state index contributed by atoms with van der Waals surface area (Å²) >= 11 is 0. The number of piperidine rings is 1. The first kappa shape index (κ1) is 9.47. The second-order valence-electron chi connectivity index (χ2n) is 4.55. The van der Waals surface area contributed by atoms with Gasteiger partial charge in [-0.1, -0.05) is 19.8 Å². The molecular formula is C11H21NO. The first-order chi connectivity index (χ1) is 6.36. The van der Waals surface area contributed by atoms with E-state index in [1.54, 1.807) is 0 Å². The molecule has 1 aliphatic heterocycles. The molecule has 13 heavy (non-hydrogen) atoms. The summed E-state index contributed by atoms with van der Waals surface area (Å²) in [6.07, 6.45) is 7.67. The zero-order chi connectivity index (χ0) is 9.10. The van der Waals surface area contributed by atoms with Gasteiger partial charge in [-0.15, -0.1) is 0 Å². The molecule has 1 heterocycles. The maximum absolute atomic E-state index is 6.10. The summed E-state index contributed by atoms with van der Waals surface area (Å²) in [6.45, 7) is 4.56. The summed E-state index contributed by atoms with van der Waals surface area (Å²) in [5.41, 5.74) is 0. The molecule has 0 bridgehead atoms. The molecule has 2 rings (SSSR count). The van der Waals surface area contributed by atoms with E-state index in [-0.39, 0.29) is 0 Å². The summed E-state index contributed by atoms with van der Waals surface area (Å²) in [5.74, 6) is 0.752. The normalized spacial score (nSPS) is 36.7. The van der Waals surface area contributed by atoms with Gasteiger partial charge in [0.05, 0.1) is 12.2 Å². The Bertz CT molecular complexity index is 154. The highest BCUT2D eigenvalue weighted by atomic mass is 16.5. The zero-order valence-electron chi connectivity index (χ0n) is 8.59. The summed E-state index contributed by atoms with van der Waals surface area (Å²) < 4.78 is 6.10. The molecule has 2 nitrogen and oxygen atoms in total. The van der Waals surface area contributed by atoms with E-state index in [9.17, 15) is 0 Å². The molecule has 1 aliphatic carbocycles. The predicted molar refractivity (Wildman–Crippen MR) is 53.8 cm³/mol. The molecule has 0 aromatic carbocycles. The van der Waals surface area contributed by atoms with Crippen LogP contribution in [-0.2, 0) is 4.74 Å². The lowest BCUT2D eigenvalue weighted by Crippen LogP contribution is -2.42. The molecule has 2 atom stereocenters. The molecule has 2 fully saturated rings. The molecule has 1 saturated carbocycles. The predicted octanol–water partition coefficient (Wildman–Crippen LogP) is 1.94. The van der Waals surface area contributed by atoms with Gasteiger partial charge in [0.2, 0.25) is 0 Å². The zero-order valence-corrected chi connectivity index (χ0v) is 8.59. The lowest BCUT2D eigenvalue weighted by molar-refractivity contribution is -0.0445. The minimum atomic E-state index is 0.483.